The maximum absolute atomic E-state index is 5.97. The molecule has 1 unspecified atom stereocenters. The number of hydrogen-bond donors (Lipinski definition) is 1. The molecule has 0 aliphatic carbocycles. The van der Waals surface area contributed by atoms with E-state index >= 15 is 0 Å². The Morgan fingerprint density at radius 1 is 1.05 bits per heavy atom. The highest BCUT2D eigenvalue weighted by atomic mass is 79.9. The maximum atomic E-state index is 5.97. The van der Waals surface area contributed by atoms with Crippen molar-refractivity contribution in [3.8, 4) is 11.5 Å². The first-order valence-electron chi connectivity index (χ1n) is 6.00. The molecule has 3 nitrogen and oxygen atoms in total. The number of hydrogen-bond acceptors (Lipinski definition) is 3. The van der Waals surface area contributed by atoms with Crippen LogP contribution in [0.2, 0.25) is 0 Å². The number of ether oxygens (including phenoxy) is 2. The molecule has 2 aromatic rings. The zero-order valence-electron chi connectivity index (χ0n) is 10.7. The summed E-state index contributed by atoms with van der Waals surface area (Å²) in [5, 5.41) is 0. The van der Waals surface area contributed by atoms with E-state index in [1.165, 1.54) is 0 Å². The molecule has 0 fully saturated rings. The highest BCUT2D eigenvalue weighted by Gasteiger charge is 2.16. The molecule has 2 rings (SSSR count). The van der Waals surface area contributed by atoms with E-state index in [2.05, 4.69) is 15.9 Å². The van der Waals surface area contributed by atoms with Crippen LogP contribution >= 0.6 is 15.9 Å². The predicted molar refractivity (Wildman–Crippen MR) is 79.6 cm³/mol. The Bertz CT molecular complexity index is 545. The fourth-order valence-electron chi connectivity index (χ4n) is 1.84. The van der Waals surface area contributed by atoms with E-state index in [0.29, 0.717) is 18.0 Å². The van der Waals surface area contributed by atoms with Crippen LogP contribution in [0.1, 0.15) is 11.7 Å². The van der Waals surface area contributed by atoms with Crippen LogP contribution in [0.25, 0.3) is 0 Å². The van der Waals surface area contributed by atoms with Crippen molar-refractivity contribution >= 4 is 15.9 Å². The molecular weight excluding hydrogens is 306 g/mol. The Kier molecular flexibility index (Phi) is 4.82. The van der Waals surface area contributed by atoms with E-state index in [1.807, 2.05) is 48.5 Å². The molecule has 4 heteroatoms. The largest absolute Gasteiger partial charge is 0.493 e. The van der Waals surface area contributed by atoms with Gasteiger partial charge in [0.05, 0.1) is 7.11 Å². The fourth-order valence-corrected chi connectivity index (χ4v) is 2.38. The van der Waals surface area contributed by atoms with E-state index in [-0.39, 0.29) is 6.10 Å². The zero-order chi connectivity index (χ0) is 13.7. The van der Waals surface area contributed by atoms with Crippen molar-refractivity contribution in [1.82, 2.24) is 0 Å². The zero-order valence-corrected chi connectivity index (χ0v) is 12.3. The van der Waals surface area contributed by atoms with Gasteiger partial charge in [-0.3, -0.25) is 0 Å². The summed E-state index contributed by atoms with van der Waals surface area (Å²) in [6, 6.07) is 15.5. The SMILES string of the molecule is COc1ccccc1OC(CN)c1ccccc1Br. The van der Waals surface area contributed by atoms with Gasteiger partial charge in [0.2, 0.25) is 0 Å². The van der Waals surface area contributed by atoms with Gasteiger partial charge in [0.15, 0.2) is 11.5 Å². The summed E-state index contributed by atoms with van der Waals surface area (Å²) in [7, 11) is 1.62. The molecule has 0 bridgehead atoms. The number of benzene rings is 2. The standard InChI is InChI=1S/C15H16BrNO2/c1-18-13-8-4-5-9-14(13)19-15(10-17)11-6-2-3-7-12(11)16/h2-9,15H,10,17H2,1H3. The van der Waals surface area contributed by atoms with Crippen molar-refractivity contribution in [2.75, 3.05) is 13.7 Å². The van der Waals surface area contributed by atoms with Crippen LogP contribution in [0.5, 0.6) is 11.5 Å². The molecule has 0 aliphatic heterocycles. The van der Waals surface area contributed by atoms with Crippen LogP contribution in [0, 0.1) is 0 Å². The molecule has 0 aliphatic rings. The van der Waals surface area contributed by atoms with E-state index in [1.54, 1.807) is 7.11 Å². The molecule has 19 heavy (non-hydrogen) atoms. The van der Waals surface area contributed by atoms with Gasteiger partial charge in [0, 0.05) is 16.6 Å². The molecule has 0 amide bonds. The van der Waals surface area contributed by atoms with Crippen LogP contribution in [0.15, 0.2) is 53.0 Å². The van der Waals surface area contributed by atoms with Gasteiger partial charge in [-0.25, -0.2) is 0 Å². The number of methoxy groups -OCH3 is 1. The van der Waals surface area contributed by atoms with Gasteiger partial charge in [-0.05, 0) is 18.2 Å². The summed E-state index contributed by atoms with van der Waals surface area (Å²) in [6.07, 6.45) is -0.216. The Balaban J connectivity index is 2.27. The molecule has 0 spiro atoms. The lowest BCUT2D eigenvalue weighted by Gasteiger charge is -2.20. The first-order valence-corrected chi connectivity index (χ1v) is 6.79. The number of para-hydroxylation sites is 2. The average molecular weight is 322 g/mol. The highest BCUT2D eigenvalue weighted by Crippen LogP contribution is 2.32. The smallest absolute Gasteiger partial charge is 0.162 e. The van der Waals surface area contributed by atoms with Crippen LogP contribution in [0.4, 0.5) is 0 Å². The van der Waals surface area contributed by atoms with Crippen molar-refractivity contribution in [3.63, 3.8) is 0 Å². The summed E-state index contributed by atoms with van der Waals surface area (Å²) in [6.45, 7) is 0.390. The molecule has 2 N–H and O–H groups in total. The summed E-state index contributed by atoms with van der Waals surface area (Å²) in [4.78, 5) is 0. The molecular formula is C15H16BrNO2. The molecule has 0 radical (unpaired) electrons. The molecule has 1 atom stereocenters. The monoisotopic (exact) mass is 321 g/mol. The summed E-state index contributed by atoms with van der Waals surface area (Å²) in [5.74, 6) is 1.39. The molecule has 0 aromatic heterocycles. The molecule has 2 aromatic carbocycles. The molecule has 0 saturated carbocycles. The van der Waals surface area contributed by atoms with Crippen molar-refractivity contribution in [2.45, 2.75) is 6.10 Å². The Morgan fingerprint density at radius 3 is 2.32 bits per heavy atom. The number of halogens is 1. The van der Waals surface area contributed by atoms with E-state index in [0.717, 1.165) is 10.0 Å². The van der Waals surface area contributed by atoms with Gasteiger partial charge in [0.25, 0.3) is 0 Å². The van der Waals surface area contributed by atoms with Gasteiger partial charge < -0.3 is 15.2 Å². The predicted octanol–water partition coefficient (Wildman–Crippen LogP) is 3.54. The van der Waals surface area contributed by atoms with Gasteiger partial charge in [-0.1, -0.05) is 46.3 Å². The highest BCUT2D eigenvalue weighted by molar-refractivity contribution is 9.10. The van der Waals surface area contributed by atoms with Crippen LogP contribution in [-0.2, 0) is 0 Å². The minimum absolute atomic E-state index is 0.216. The lowest BCUT2D eigenvalue weighted by molar-refractivity contribution is 0.204. The van der Waals surface area contributed by atoms with Crippen molar-refractivity contribution in [3.05, 3.63) is 58.6 Å². The van der Waals surface area contributed by atoms with Gasteiger partial charge in [0.1, 0.15) is 6.10 Å². The third kappa shape index (κ3) is 3.28. The normalized spacial score (nSPS) is 11.9. The van der Waals surface area contributed by atoms with Crippen molar-refractivity contribution in [2.24, 2.45) is 5.73 Å². The summed E-state index contributed by atoms with van der Waals surface area (Å²) >= 11 is 3.52. The first-order chi connectivity index (χ1) is 9.26. The third-order valence-corrected chi connectivity index (χ3v) is 3.53. The van der Waals surface area contributed by atoms with Crippen LogP contribution in [-0.4, -0.2) is 13.7 Å². The van der Waals surface area contributed by atoms with Gasteiger partial charge in [-0.15, -0.1) is 0 Å². The lowest BCUT2D eigenvalue weighted by Crippen LogP contribution is -2.19. The number of nitrogens with two attached hydrogens (primary N) is 1. The first kappa shape index (κ1) is 13.9. The Hall–Kier alpha value is -1.52. The topological polar surface area (TPSA) is 44.5 Å². The average Bonchev–Trinajstić information content (AvgIpc) is 2.46. The van der Waals surface area contributed by atoms with Crippen LogP contribution < -0.4 is 15.2 Å². The summed E-state index contributed by atoms with van der Waals surface area (Å²) < 4.78 is 12.2. The van der Waals surface area contributed by atoms with E-state index in [4.69, 9.17) is 15.2 Å². The van der Waals surface area contributed by atoms with Crippen molar-refractivity contribution in [1.29, 1.82) is 0 Å². The Morgan fingerprint density at radius 2 is 1.68 bits per heavy atom. The maximum Gasteiger partial charge on any atom is 0.162 e. The van der Waals surface area contributed by atoms with Crippen molar-refractivity contribution < 1.29 is 9.47 Å². The third-order valence-electron chi connectivity index (χ3n) is 2.80. The second kappa shape index (κ2) is 6.59. The fraction of sp³-hybridized carbons (Fsp3) is 0.200. The molecule has 0 saturated heterocycles. The van der Waals surface area contributed by atoms with Gasteiger partial charge >= 0.3 is 0 Å². The summed E-state index contributed by atoms with van der Waals surface area (Å²) in [5.41, 5.74) is 6.85. The quantitative estimate of drug-likeness (QED) is 0.916. The minimum Gasteiger partial charge on any atom is -0.493 e. The minimum atomic E-state index is -0.216. The second-order valence-electron chi connectivity index (χ2n) is 4.01. The Labute approximate surface area is 121 Å². The van der Waals surface area contributed by atoms with Gasteiger partial charge in [-0.2, -0.15) is 0 Å². The van der Waals surface area contributed by atoms with Crippen LogP contribution in [0.3, 0.4) is 0 Å². The van der Waals surface area contributed by atoms with E-state index in [9.17, 15) is 0 Å². The lowest BCUT2D eigenvalue weighted by atomic mass is 10.1. The molecule has 0 heterocycles. The molecule has 100 valence electrons. The number of rotatable bonds is 5. The van der Waals surface area contributed by atoms with E-state index < -0.39 is 0 Å². The second-order valence-corrected chi connectivity index (χ2v) is 4.87.